The van der Waals surface area contributed by atoms with E-state index in [1.54, 1.807) is 0 Å². The highest BCUT2D eigenvalue weighted by molar-refractivity contribution is 14.1. The van der Waals surface area contributed by atoms with Crippen LogP contribution >= 0.6 is 34.2 Å². The second-order valence-corrected chi connectivity index (χ2v) is 5.46. The summed E-state index contributed by atoms with van der Waals surface area (Å²) in [6, 6.07) is 0. The van der Waals surface area contributed by atoms with Gasteiger partial charge >= 0.3 is 0 Å². The Labute approximate surface area is 97.8 Å². The third kappa shape index (κ3) is 2.18. The first-order valence-electron chi connectivity index (χ1n) is 4.30. The Kier molecular flexibility index (Phi) is 3.28. The van der Waals surface area contributed by atoms with E-state index in [9.17, 15) is 0 Å². The highest BCUT2D eigenvalue weighted by atomic mass is 127. The van der Waals surface area contributed by atoms with Crippen LogP contribution in [0.15, 0.2) is 0 Å². The highest BCUT2D eigenvalue weighted by Crippen LogP contribution is 2.30. The van der Waals surface area contributed by atoms with Gasteiger partial charge in [0.1, 0.15) is 5.15 Å². The molecule has 1 aromatic heterocycles. The lowest BCUT2D eigenvalue weighted by atomic mass is 9.93. The van der Waals surface area contributed by atoms with Gasteiger partial charge in [-0.25, -0.2) is 0 Å². The SMILES string of the molecule is CCn1nc(C(C)(C)C)c(I)c1Cl. The van der Waals surface area contributed by atoms with Gasteiger partial charge in [0.15, 0.2) is 0 Å². The molecule has 74 valence electrons. The molecular weight excluding hydrogens is 298 g/mol. The molecule has 0 aliphatic heterocycles. The van der Waals surface area contributed by atoms with Gasteiger partial charge < -0.3 is 0 Å². The van der Waals surface area contributed by atoms with E-state index in [0.717, 1.165) is 21.0 Å². The number of hydrogen-bond acceptors (Lipinski definition) is 1. The lowest BCUT2D eigenvalue weighted by Gasteiger charge is -2.15. The maximum absolute atomic E-state index is 6.11. The predicted octanol–water partition coefficient (Wildman–Crippen LogP) is 3.46. The number of hydrogen-bond donors (Lipinski definition) is 0. The zero-order valence-corrected chi connectivity index (χ0v) is 11.3. The fourth-order valence-electron chi connectivity index (χ4n) is 1.11. The summed E-state index contributed by atoms with van der Waals surface area (Å²) in [7, 11) is 0. The minimum absolute atomic E-state index is 0.0700. The third-order valence-corrected chi connectivity index (χ3v) is 3.57. The molecule has 0 unspecified atom stereocenters. The highest BCUT2D eigenvalue weighted by Gasteiger charge is 2.23. The van der Waals surface area contributed by atoms with Gasteiger partial charge in [-0.3, -0.25) is 4.68 Å². The quantitative estimate of drug-likeness (QED) is 0.726. The van der Waals surface area contributed by atoms with Crippen molar-refractivity contribution in [3.63, 3.8) is 0 Å². The van der Waals surface area contributed by atoms with E-state index in [2.05, 4.69) is 48.5 Å². The first-order chi connectivity index (χ1) is 5.88. The average molecular weight is 313 g/mol. The van der Waals surface area contributed by atoms with E-state index in [1.807, 2.05) is 11.6 Å². The van der Waals surface area contributed by atoms with E-state index >= 15 is 0 Å². The van der Waals surface area contributed by atoms with Crippen molar-refractivity contribution < 1.29 is 0 Å². The molecular formula is C9H14ClIN2. The van der Waals surface area contributed by atoms with Crippen molar-refractivity contribution in [1.29, 1.82) is 0 Å². The lowest BCUT2D eigenvalue weighted by Crippen LogP contribution is -2.14. The van der Waals surface area contributed by atoms with Crippen LogP contribution in [0.3, 0.4) is 0 Å². The topological polar surface area (TPSA) is 17.8 Å². The van der Waals surface area contributed by atoms with Crippen molar-refractivity contribution in [2.45, 2.75) is 39.7 Å². The molecule has 0 aliphatic rings. The molecule has 0 spiro atoms. The smallest absolute Gasteiger partial charge is 0.140 e. The molecule has 0 fully saturated rings. The van der Waals surface area contributed by atoms with Crippen molar-refractivity contribution in [2.75, 3.05) is 0 Å². The van der Waals surface area contributed by atoms with Crippen molar-refractivity contribution in [2.24, 2.45) is 0 Å². The Bertz CT molecular complexity index is 312. The van der Waals surface area contributed by atoms with Gasteiger partial charge in [-0.2, -0.15) is 5.10 Å². The molecule has 0 saturated carbocycles. The van der Waals surface area contributed by atoms with E-state index < -0.39 is 0 Å². The van der Waals surface area contributed by atoms with Crippen LogP contribution in [0.4, 0.5) is 0 Å². The molecule has 0 radical (unpaired) electrons. The van der Waals surface area contributed by atoms with Gasteiger partial charge in [0.25, 0.3) is 0 Å². The van der Waals surface area contributed by atoms with Gasteiger partial charge in [0.05, 0.1) is 9.26 Å². The van der Waals surface area contributed by atoms with E-state index in [0.29, 0.717) is 0 Å². The summed E-state index contributed by atoms with van der Waals surface area (Å²) < 4.78 is 2.91. The molecule has 0 amide bonds. The zero-order chi connectivity index (χ0) is 10.2. The fraction of sp³-hybridized carbons (Fsp3) is 0.667. The number of rotatable bonds is 1. The van der Waals surface area contributed by atoms with Crippen molar-refractivity contribution in [1.82, 2.24) is 9.78 Å². The van der Waals surface area contributed by atoms with Crippen molar-refractivity contribution in [3.8, 4) is 0 Å². The van der Waals surface area contributed by atoms with Crippen LogP contribution in [-0.2, 0) is 12.0 Å². The maximum atomic E-state index is 6.11. The Morgan fingerprint density at radius 2 is 2.00 bits per heavy atom. The molecule has 0 saturated heterocycles. The first-order valence-corrected chi connectivity index (χ1v) is 5.76. The molecule has 13 heavy (non-hydrogen) atoms. The molecule has 1 aromatic rings. The Morgan fingerprint density at radius 3 is 2.23 bits per heavy atom. The zero-order valence-electron chi connectivity index (χ0n) is 8.36. The van der Waals surface area contributed by atoms with Gasteiger partial charge in [-0.15, -0.1) is 0 Å². The third-order valence-electron chi connectivity index (χ3n) is 1.85. The van der Waals surface area contributed by atoms with Crippen LogP contribution in [0.1, 0.15) is 33.4 Å². The van der Waals surface area contributed by atoms with Crippen LogP contribution in [0.25, 0.3) is 0 Å². The summed E-state index contributed by atoms with van der Waals surface area (Å²) in [5, 5.41) is 5.23. The maximum Gasteiger partial charge on any atom is 0.140 e. The van der Waals surface area contributed by atoms with Crippen molar-refractivity contribution in [3.05, 3.63) is 14.4 Å². The molecule has 2 nitrogen and oxygen atoms in total. The second-order valence-electron chi connectivity index (χ2n) is 4.02. The summed E-state index contributed by atoms with van der Waals surface area (Å²) in [5.74, 6) is 0. The van der Waals surface area contributed by atoms with Gasteiger partial charge in [0, 0.05) is 12.0 Å². The number of halogens is 2. The number of nitrogens with zero attached hydrogens (tertiary/aromatic N) is 2. The monoisotopic (exact) mass is 312 g/mol. The first kappa shape index (κ1) is 11.3. The largest absolute Gasteiger partial charge is 0.253 e. The van der Waals surface area contributed by atoms with E-state index in [-0.39, 0.29) is 5.41 Å². The lowest BCUT2D eigenvalue weighted by molar-refractivity contribution is 0.539. The van der Waals surface area contributed by atoms with Gasteiger partial charge in [-0.1, -0.05) is 32.4 Å². The fourth-order valence-corrected chi connectivity index (χ4v) is 2.55. The Balaban J connectivity index is 3.25. The van der Waals surface area contributed by atoms with Crippen LogP contribution < -0.4 is 0 Å². The van der Waals surface area contributed by atoms with E-state index in [1.165, 1.54) is 0 Å². The summed E-state index contributed by atoms with van der Waals surface area (Å²) in [4.78, 5) is 0. The number of aromatic nitrogens is 2. The molecule has 4 heteroatoms. The van der Waals surface area contributed by atoms with Gasteiger partial charge in [0.2, 0.25) is 0 Å². The predicted molar refractivity (Wildman–Crippen MR) is 64.3 cm³/mol. The molecule has 0 atom stereocenters. The second kappa shape index (κ2) is 3.77. The Hall–Kier alpha value is 0.230. The number of aryl methyl sites for hydroxylation is 1. The standard InChI is InChI=1S/C9H14ClIN2/c1-5-13-8(10)6(11)7(12-13)9(2,3)4/h5H2,1-4H3. The molecule has 0 bridgehead atoms. The minimum atomic E-state index is 0.0700. The molecule has 0 N–H and O–H groups in total. The Morgan fingerprint density at radius 1 is 1.46 bits per heavy atom. The molecule has 1 rings (SSSR count). The summed E-state index contributed by atoms with van der Waals surface area (Å²) in [6.45, 7) is 9.31. The van der Waals surface area contributed by atoms with Crippen molar-refractivity contribution >= 4 is 34.2 Å². The van der Waals surface area contributed by atoms with Crippen LogP contribution in [0.5, 0.6) is 0 Å². The van der Waals surface area contributed by atoms with Gasteiger partial charge in [-0.05, 0) is 29.5 Å². The average Bonchev–Trinajstić information content (AvgIpc) is 2.28. The normalized spacial score (nSPS) is 12.2. The van der Waals surface area contributed by atoms with Crippen LogP contribution in [-0.4, -0.2) is 9.78 Å². The molecule has 0 aromatic carbocycles. The minimum Gasteiger partial charge on any atom is -0.253 e. The summed E-state index contributed by atoms with van der Waals surface area (Å²) in [5.41, 5.74) is 1.15. The summed E-state index contributed by atoms with van der Waals surface area (Å²) in [6.07, 6.45) is 0. The van der Waals surface area contributed by atoms with E-state index in [4.69, 9.17) is 11.6 Å². The molecule has 0 aliphatic carbocycles. The summed E-state index contributed by atoms with van der Waals surface area (Å²) >= 11 is 8.37. The van der Waals surface area contributed by atoms with Crippen LogP contribution in [0, 0.1) is 3.57 Å². The molecule has 1 heterocycles. The van der Waals surface area contributed by atoms with Crippen LogP contribution in [0.2, 0.25) is 5.15 Å².